The van der Waals surface area contributed by atoms with Crippen LogP contribution in [0.1, 0.15) is 96.4 Å². The zero-order valence-corrected chi connectivity index (χ0v) is 26.5. The third kappa shape index (κ3) is 7.96. The molecule has 2 aromatic carbocycles. The van der Waals surface area contributed by atoms with Crippen molar-refractivity contribution in [2.24, 2.45) is 0 Å². The van der Waals surface area contributed by atoms with Gasteiger partial charge in [-0.3, -0.25) is 0 Å². The topological polar surface area (TPSA) is 173 Å². The third-order valence-electron chi connectivity index (χ3n) is 7.25. The number of phenols is 2. The van der Waals surface area contributed by atoms with Crippen LogP contribution in [0.25, 0.3) is 0 Å². The molecule has 2 aromatic rings. The summed E-state index contributed by atoms with van der Waals surface area (Å²) in [5.41, 5.74) is 0.576. The van der Waals surface area contributed by atoms with Crippen LogP contribution in [0.2, 0.25) is 0 Å². The van der Waals surface area contributed by atoms with Crippen molar-refractivity contribution in [2.75, 3.05) is 0 Å². The summed E-state index contributed by atoms with van der Waals surface area (Å²) < 4.78 is 4.11. The van der Waals surface area contributed by atoms with Gasteiger partial charge in [-0.05, 0) is 6.92 Å². The van der Waals surface area contributed by atoms with E-state index in [1.807, 2.05) is 41.5 Å². The number of carbonyl (C=O) groups excluding carboxylic acids is 1. The Morgan fingerprint density at radius 1 is 0.814 bits per heavy atom. The van der Waals surface area contributed by atoms with Gasteiger partial charge in [0, 0.05) is 5.97 Å². The number of nitrogens with zero attached hydrogens (tertiary/aromatic N) is 4. The number of carboxylic acids is 1. The van der Waals surface area contributed by atoms with Gasteiger partial charge in [0.1, 0.15) is 0 Å². The van der Waals surface area contributed by atoms with Crippen LogP contribution < -0.4 is 5.11 Å². The second-order valence-electron chi connectivity index (χ2n) is 12.8. The molecule has 2 atom stereocenters. The van der Waals surface area contributed by atoms with Gasteiger partial charge in [0.15, 0.2) is 0 Å². The van der Waals surface area contributed by atoms with Gasteiger partial charge < -0.3 is 9.90 Å². The fraction of sp³-hybridized carbons (Fsp3) is 0.500. The Morgan fingerprint density at radius 2 is 1.14 bits per heavy atom. The van der Waals surface area contributed by atoms with E-state index in [0.717, 1.165) is 47.7 Å². The van der Waals surface area contributed by atoms with E-state index >= 15 is 0 Å². The first-order chi connectivity index (χ1) is 19.8. The molecule has 0 bridgehead atoms. The molecular formula is C30H39CoN4O8+. The third-order valence-corrected chi connectivity index (χ3v) is 8.69. The Bertz CT molecular complexity index is 1400. The van der Waals surface area contributed by atoms with Crippen LogP contribution in [0.3, 0.4) is 0 Å². The number of nitro benzene ring substituents is 2. The molecule has 1 aliphatic carbocycles. The first-order valence-corrected chi connectivity index (χ1v) is 14.8. The van der Waals surface area contributed by atoms with Gasteiger partial charge in [0.05, 0.1) is 0 Å². The number of carboxylic acid groups (broad SMARTS) is 1. The molecule has 4 rings (SSSR count). The number of carbonyl (C=O) groups is 1. The number of nitro groups is 2. The molecule has 1 heterocycles. The van der Waals surface area contributed by atoms with Crippen molar-refractivity contribution in [3.05, 3.63) is 66.7 Å². The molecule has 2 unspecified atom stereocenters. The fourth-order valence-electron chi connectivity index (χ4n) is 5.14. The summed E-state index contributed by atoms with van der Waals surface area (Å²) in [5.74, 6) is -1.05. The summed E-state index contributed by atoms with van der Waals surface area (Å²) in [7, 11) is 0. The van der Waals surface area contributed by atoms with E-state index in [0.29, 0.717) is 22.3 Å². The number of hydrogen-bond donors (Lipinski definition) is 2. The fourth-order valence-corrected chi connectivity index (χ4v) is 6.77. The second-order valence-corrected chi connectivity index (χ2v) is 14.0. The summed E-state index contributed by atoms with van der Waals surface area (Å²) in [6.07, 6.45) is 7.41. The summed E-state index contributed by atoms with van der Waals surface area (Å²) in [4.78, 5) is 31.3. The number of phenolic OH excluding ortho intramolecular Hbond substituents is 2. The van der Waals surface area contributed by atoms with Crippen molar-refractivity contribution in [1.82, 2.24) is 0 Å². The SMILES string of the molecule is CC(=O)[O-].CC(C)(C)c1cc([N+](=O)[O-])cc(C=[N+]2[Co][N+](=Cc3cc([N+](=O)[O-])cc(C(C)(C)C)c3O)C3CCCCC32)c1O. The minimum absolute atomic E-state index is 0.0173. The van der Waals surface area contributed by atoms with Crippen molar-refractivity contribution in [3.8, 4) is 11.5 Å². The Kier molecular flexibility index (Phi) is 10.0. The number of hydrogen-bond acceptors (Lipinski definition) is 8. The Labute approximate surface area is 257 Å². The van der Waals surface area contributed by atoms with E-state index in [4.69, 9.17) is 9.90 Å². The second kappa shape index (κ2) is 12.8. The number of aliphatic carboxylic acids is 1. The van der Waals surface area contributed by atoms with E-state index < -0.39 is 26.6 Å². The van der Waals surface area contributed by atoms with Crippen LogP contribution in [-0.4, -0.2) is 57.8 Å². The number of benzene rings is 2. The summed E-state index contributed by atoms with van der Waals surface area (Å²) in [6, 6.07) is 5.80. The molecule has 43 heavy (non-hydrogen) atoms. The molecule has 235 valence electrons. The summed E-state index contributed by atoms with van der Waals surface area (Å²) >= 11 is 0.772. The molecule has 2 aliphatic rings. The molecule has 13 heteroatoms. The van der Waals surface area contributed by atoms with Crippen LogP contribution in [0.5, 0.6) is 11.5 Å². The molecule has 0 spiro atoms. The zero-order valence-electron chi connectivity index (χ0n) is 25.4. The van der Waals surface area contributed by atoms with Crippen LogP contribution in [0.4, 0.5) is 11.4 Å². The molecule has 0 amide bonds. The van der Waals surface area contributed by atoms with Crippen molar-refractivity contribution >= 4 is 29.8 Å². The van der Waals surface area contributed by atoms with Crippen molar-refractivity contribution in [3.63, 3.8) is 0 Å². The van der Waals surface area contributed by atoms with E-state index in [1.165, 1.54) is 24.3 Å². The van der Waals surface area contributed by atoms with Gasteiger partial charge in [-0.2, -0.15) is 0 Å². The monoisotopic (exact) mass is 642 g/mol. The molecule has 1 saturated heterocycles. The van der Waals surface area contributed by atoms with Gasteiger partial charge in [0.2, 0.25) is 0 Å². The Balaban J connectivity index is 0.00000119. The summed E-state index contributed by atoms with van der Waals surface area (Å²) in [6.45, 7) is 12.4. The standard InChI is InChI=1S/C28H36N4O6.C2H4O2.Co/c1-27(2,3)21-13-19(31(35)36)11-17(25(21)33)15-29-23-9-7-8-10-24(23)30-16-18-12-20(32(37)38)14-22(26(18)34)28(4,5)6;1-2(3)4;/h11-16,23-24,33-34H,7-10H2,1-6H3;1H3,(H,3,4);/q;;+2/p-1. The Hall–Kier alpha value is -3.84. The van der Waals surface area contributed by atoms with Gasteiger partial charge in [-0.1, -0.05) is 0 Å². The molecule has 2 N–H and O–H groups in total. The Morgan fingerprint density at radius 3 is 1.42 bits per heavy atom. The van der Waals surface area contributed by atoms with Crippen molar-refractivity contribution in [2.45, 2.75) is 97.1 Å². The first kappa shape index (κ1) is 33.7. The first-order valence-electron chi connectivity index (χ1n) is 13.9. The number of aromatic hydroxyl groups is 2. The molecule has 12 nitrogen and oxygen atoms in total. The van der Waals surface area contributed by atoms with Gasteiger partial charge in [0.25, 0.3) is 0 Å². The molecular weight excluding hydrogens is 603 g/mol. The van der Waals surface area contributed by atoms with Gasteiger partial charge in [-0.25, -0.2) is 0 Å². The average molecular weight is 643 g/mol. The average Bonchev–Trinajstić information content (AvgIpc) is 3.21. The van der Waals surface area contributed by atoms with Crippen LogP contribution >= 0.6 is 0 Å². The predicted molar refractivity (Wildman–Crippen MR) is 155 cm³/mol. The molecule has 2 fully saturated rings. The summed E-state index contributed by atoms with van der Waals surface area (Å²) in [5, 5.41) is 54.5. The van der Waals surface area contributed by atoms with E-state index in [1.54, 1.807) is 12.4 Å². The molecule has 0 radical (unpaired) electrons. The van der Waals surface area contributed by atoms with Crippen LogP contribution in [-0.2, 0) is 30.8 Å². The minimum atomic E-state index is -1.08. The number of fused-ring (bicyclic) bond motifs is 1. The molecule has 1 aliphatic heterocycles. The quantitative estimate of drug-likeness (QED) is 0.371. The zero-order chi connectivity index (χ0) is 32.4. The van der Waals surface area contributed by atoms with Gasteiger partial charge >= 0.3 is 235 Å². The normalized spacial score (nSPS) is 20.5. The van der Waals surface area contributed by atoms with Crippen molar-refractivity contribution in [1.29, 1.82) is 0 Å². The number of rotatable bonds is 4. The van der Waals surface area contributed by atoms with Gasteiger partial charge in [-0.15, -0.1) is 0 Å². The van der Waals surface area contributed by atoms with Crippen LogP contribution in [0, 0.1) is 20.2 Å². The van der Waals surface area contributed by atoms with E-state index in [2.05, 4.69) is 7.25 Å². The van der Waals surface area contributed by atoms with E-state index in [9.17, 15) is 30.4 Å². The maximum absolute atomic E-state index is 11.7. The predicted octanol–water partition coefficient (Wildman–Crippen LogP) is 4.07. The van der Waals surface area contributed by atoms with E-state index in [-0.39, 0.29) is 35.0 Å². The maximum atomic E-state index is 11.7. The molecule has 1 saturated carbocycles. The molecule has 0 aromatic heterocycles. The van der Waals surface area contributed by atoms with Crippen molar-refractivity contribution < 1.29 is 52.3 Å². The van der Waals surface area contributed by atoms with Crippen LogP contribution in [0.15, 0.2) is 24.3 Å². The number of non-ortho nitro benzene ring substituents is 2.